The molecule has 1 fully saturated rings. The van der Waals surface area contributed by atoms with Gasteiger partial charge in [0.15, 0.2) is 5.78 Å². The maximum absolute atomic E-state index is 12.5. The summed E-state index contributed by atoms with van der Waals surface area (Å²) in [6.07, 6.45) is 1.89. The van der Waals surface area contributed by atoms with Gasteiger partial charge in [-0.3, -0.25) is 9.59 Å². The van der Waals surface area contributed by atoms with Crippen LogP contribution in [-0.2, 0) is 4.79 Å². The number of benzene rings is 1. The molecule has 1 saturated heterocycles. The summed E-state index contributed by atoms with van der Waals surface area (Å²) >= 11 is 5.98. The lowest BCUT2D eigenvalue weighted by molar-refractivity contribution is -0.143. The molecule has 0 saturated carbocycles. The van der Waals surface area contributed by atoms with E-state index in [2.05, 4.69) is 0 Å². The van der Waals surface area contributed by atoms with Crippen LogP contribution in [0, 0.1) is 5.92 Å². The van der Waals surface area contributed by atoms with Crippen molar-refractivity contribution in [3.63, 3.8) is 0 Å². The highest BCUT2D eigenvalue weighted by molar-refractivity contribution is 6.31. The van der Waals surface area contributed by atoms with Crippen LogP contribution in [0.15, 0.2) is 18.2 Å². The number of ketones is 1. The molecule has 0 spiro atoms. The molecule has 0 amide bonds. The molecule has 1 aromatic carbocycles. The third kappa shape index (κ3) is 4.94. The van der Waals surface area contributed by atoms with E-state index in [4.69, 9.17) is 21.4 Å². The van der Waals surface area contributed by atoms with E-state index >= 15 is 0 Å². The van der Waals surface area contributed by atoms with Gasteiger partial charge in [0.1, 0.15) is 5.75 Å². The number of piperidine rings is 1. The predicted octanol–water partition coefficient (Wildman–Crippen LogP) is 3.11. The molecule has 2 rings (SSSR count). The molecule has 126 valence electrons. The average molecular weight is 340 g/mol. The zero-order chi connectivity index (χ0) is 16.8. The Bertz CT molecular complexity index is 576. The van der Waals surface area contributed by atoms with E-state index < -0.39 is 5.97 Å². The number of hydrogen-bond acceptors (Lipinski definition) is 4. The van der Waals surface area contributed by atoms with Crippen molar-refractivity contribution >= 4 is 23.4 Å². The van der Waals surface area contributed by atoms with Gasteiger partial charge < -0.3 is 14.7 Å². The van der Waals surface area contributed by atoms with E-state index in [1.54, 1.807) is 18.2 Å². The summed E-state index contributed by atoms with van der Waals surface area (Å²) in [7, 11) is 0. The summed E-state index contributed by atoms with van der Waals surface area (Å²) in [4.78, 5) is 25.6. The van der Waals surface area contributed by atoms with Gasteiger partial charge in [-0.1, -0.05) is 11.6 Å². The number of carboxylic acid groups (broad SMARTS) is 1. The number of halogens is 1. The van der Waals surface area contributed by atoms with Crippen molar-refractivity contribution in [1.82, 2.24) is 4.90 Å². The molecule has 1 aromatic rings. The third-order valence-corrected chi connectivity index (χ3v) is 4.29. The second-order valence-electron chi connectivity index (χ2n) is 5.72. The monoisotopic (exact) mass is 339 g/mol. The highest BCUT2D eigenvalue weighted by Crippen LogP contribution is 2.25. The molecule has 23 heavy (non-hydrogen) atoms. The summed E-state index contributed by atoms with van der Waals surface area (Å²) < 4.78 is 5.48. The van der Waals surface area contributed by atoms with Crippen LogP contribution in [0.2, 0.25) is 5.02 Å². The number of ether oxygens (including phenoxy) is 1. The van der Waals surface area contributed by atoms with Crippen molar-refractivity contribution in [2.24, 2.45) is 5.92 Å². The number of nitrogens with zero attached hydrogens (tertiary/aromatic N) is 1. The van der Waals surface area contributed by atoms with Crippen LogP contribution in [0.4, 0.5) is 0 Å². The first-order valence-electron chi connectivity index (χ1n) is 7.92. The normalized spacial score (nSPS) is 18.6. The fourth-order valence-corrected chi connectivity index (χ4v) is 3.03. The van der Waals surface area contributed by atoms with E-state index in [-0.39, 0.29) is 11.7 Å². The quantitative estimate of drug-likeness (QED) is 0.773. The molecule has 0 aromatic heterocycles. The lowest BCUT2D eigenvalue weighted by Gasteiger charge is -2.30. The Morgan fingerprint density at radius 3 is 2.91 bits per heavy atom. The number of aliphatic carboxylic acids is 1. The Morgan fingerprint density at radius 1 is 1.43 bits per heavy atom. The average Bonchev–Trinajstić information content (AvgIpc) is 2.54. The molecule has 1 heterocycles. The van der Waals surface area contributed by atoms with Gasteiger partial charge in [-0.05, 0) is 44.5 Å². The third-order valence-electron chi connectivity index (χ3n) is 4.05. The Hall–Kier alpha value is -1.59. The summed E-state index contributed by atoms with van der Waals surface area (Å²) in [6.45, 7) is 4.25. The van der Waals surface area contributed by atoms with Gasteiger partial charge in [0, 0.05) is 24.5 Å². The molecule has 0 bridgehead atoms. The van der Waals surface area contributed by atoms with Crippen molar-refractivity contribution < 1.29 is 19.4 Å². The fourth-order valence-electron chi connectivity index (χ4n) is 2.86. The van der Waals surface area contributed by atoms with Crippen LogP contribution in [0.25, 0.3) is 0 Å². The number of rotatable bonds is 7. The largest absolute Gasteiger partial charge is 0.493 e. The Labute approximate surface area is 141 Å². The summed E-state index contributed by atoms with van der Waals surface area (Å²) in [5, 5.41) is 9.61. The maximum atomic E-state index is 12.5. The number of Topliss-reactive ketones (excluding diaryl/α,β-unsaturated/α-hetero) is 1. The summed E-state index contributed by atoms with van der Waals surface area (Å²) in [5.74, 6) is -0.573. The standard InChI is InChI=1S/C17H22ClNO4/c1-2-23-16-6-5-13(18)10-14(16)15(20)7-9-19-8-3-4-12(11-19)17(21)22/h5-6,10,12H,2-4,7-9,11H2,1H3,(H,21,22). The van der Waals surface area contributed by atoms with Crippen molar-refractivity contribution in [2.75, 3.05) is 26.2 Å². The molecule has 1 atom stereocenters. The van der Waals surface area contributed by atoms with E-state index in [1.807, 2.05) is 11.8 Å². The summed E-state index contributed by atoms with van der Waals surface area (Å²) in [5.41, 5.74) is 0.492. The second kappa shape index (κ2) is 8.31. The molecule has 5 nitrogen and oxygen atoms in total. The smallest absolute Gasteiger partial charge is 0.307 e. The molecular weight excluding hydrogens is 318 g/mol. The van der Waals surface area contributed by atoms with Gasteiger partial charge >= 0.3 is 5.97 Å². The van der Waals surface area contributed by atoms with Crippen LogP contribution >= 0.6 is 11.6 Å². The van der Waals surface area contributed by atoms with Crippen molar-refractivity contribution in [1.29, 1.82) is 0 Å². The zero-order valence-corrected chi connectivity index (χ0v) is 14.0. The number of likely N-dealkylation sites (tertiary alicyclic amines) is 1. The van der Waals surface area contributed by atoms with Gasteiger partial charge in [-0.2, -0.15) is 0 Å². The van der Waals surface area contributed by atoms with Crippen molar-refractivity contribution in [3.8, 4) is 5.75 Å². The maximum Gasteiger partial charge on any atom is 0.307 e. The Morgan fingerprint density at radius 2 is 2.22 bits per heavy atom. The Balaban J connectivity index is 1.97. The fraction of sp³-hybridized carbons (Fsp3) is 0.529. The molecule has 0 radical (unpaired) electrons. The van der Waals surface area contributed by atoms with Crippen LogP contribution in [0.5, 0.6) is 5.75 Å². The summed E-state index contributed by atoms with van der Waals surface area (Å²) in [6, 6.07) is 5.04. The number of hydrogen-bond donors (Lipinski definition) is 1. The first-order chi connectivity index (χ1) is 11.0. The second-order valence-corrected chi connectivity index (χ2v) is 6.16. The minimum atomic E-state index is -0.755. The predicted molar refractivity (Wildman–Crippen MR) is 88.4 cm³/mol. The van der Waals surface area contributed by atoms with E-state index in [9.17, 15) is 9.59 Å². The van der Waals surface area contributed by atoms with Gasteiger partial charge in [-0.25, -0.2) is 0 Å². The minimum Gasteiger partial charge on any atom is -0.493 e. The van der Waals surface area contributed by atoms with Gasteiger partial charge in [0.25, 0.3) is 0 Å². The molecule has 0 aliphatic carbocycles. The van der Waals surface area contributed by atoms with Crippen LogP contribution in [0.1, 0.15) is 36.5 Å². The molecule has 1 unspecified atom stereocenters. The van der Waals surface area contributed by atoms with Crippen LogP contribution < -0.4 is 4.74 Å². The number of carboxylic acids is 1. The Kier molecular flexibility index (Phi) is 6.42. The van der Waals surface area contributed by atoms with Crippen LogP contribution in [0.3, 0.4) is 0 Å². The first-order valence-corrected chi connectivity index (χ1v) is 8.29. The van der Waals surface area contributed by atoms with Crippen molar-refractivity contribution in [2.45, 2.75) is 26.2 Å². The van der Waals surface area contributed by atoms with Gasteiger partial charge in [0.05, 0.1) is 18.1 Å². The van der Waals surface area contributed by atoms with Gasteiger partial charge in [0.2, 0.25) is 0 Å². The molecule has 1 aliphatic rings. The number of carbonyl (C=O) groups excluding carboxylic acids is 1. The highest BCUT2D eigenvalue weighted by atomic mass is 35.5. The SMILES string of the molecule is CCOc1ccc(Cl)cc1C(=O)CCN1CCCC(C(=O)O)C1. The van der Waals surface area contributed by atoms with Crippen LogP contribution in [-0.4, -0.2) is 48.0 Å². The zero-order valence-electron chi connectivity index (χ0n) is 13.3. The molecular formula is C17H22ClNO4. The van der Waals surface area contributed by atoms with Gasteiger partial charge in [-0.15, -0.1) is 0 Å². The highest BCUT2D eigenvalue weighted by Gasteiger charge is 2.25. The molecule has 1 aliphatic heterocycles. The molecule has 6 heteroatoms. The van der Waals surface area contributed by atoms with E-state index in [0.717, 1.165) is 13.0 Å². The van der Waals surface area contributed by atoms with E-state index in [0.29, 0.717) is 48.9 Å². The van der Waals surface area contributed by atoms with E-state index in [1.165, 1.54) is 0 Å². The lowest BCUT2D eigenvalue weighted by Crippen LogP contribution is -2.39. The minimum absolute atomic E-state index is 0.0339. The van der Waals surface area contributed by atoms with Crippen molar-refractivity contribution in [3.05, 3.63) is 28.8 Å². The number of carbonyl (C=O) groups is 2. The topological polar surface area (TPSA) is 66.8 Å². The molecule has 1 N–H and O–H groups in total. The lowest BCUT2D eigenvalue weighted by atomic mass is 9.98. The first kappa shape index (κ1) is 17.8.